The Bertz CT molecular complexity index is 508. The lowest BCUT2D eigenvalue weighted by atomic mass is 10.2. The van der Waals surface area contributed by atoms with Crippen molar-refractivity contribution in [3.8, 4) is 11.3 Å². The highest BCUT2D eigenvalue weighted by Crippen LogP contribution is 2.30. The fourth-order valence-electron chi connectivity index (χ4n) is 1.15. The van der Waals surface area contributed by atoms with E-state index in [1.54, 1.807) is 18.2 Å². The molecule has 1 heterocycles. The van der Waals surface area contributed by atoms with Gasteiger partial charge in [-0.25, -0.2) is 4.98 Å². The molecule has 1 aromatic heterocycles. The van der Waals surface area contributed by atoms with Gasteiger partial charge in [0, 0.05) is 10.6 Å². The van der Waals surface area contributed by atoms with Crippen LogP contribution in [-0.2, 0) is 0 Å². The van der Waals surface area contributed by atoms with Crippen LogP contribution in [0.3, 0.4) is 0 Å². The Balaban J connectivity index is 2.52. The second kappa shape index (κ2) is 4.04. The highest BCUT2D eigenvalue weighted by atomic mass is 35.5. The van der Waals surface area contributed by atoms with E-state index in [0.717, 1.165) is 0 Å². The van der Waals surface area contributed by atoms with Crippen molar-refractivity contribution in [2.45, 2.75) is 0 Å². The average molecular weight is 242 g/mol. The Labute approximate surface area is 95.6 Å². The van der Waals surface area contributed by atoms with Gasteiger partial charge in [-0.05, 0) is 18.2 Å². The smallest absolute Gasteiger partial charge is 0.260 e. The maximum atomic E-state index is 10.4. The molecule has 0 bridgehead atoms. The Morgan fingerprint density at radius 2 is 2.13 bits per heavy atom. The first kappa shape index (κ1) is 10.2. The van der Waals surface area contributed by atoms with E-state index in [4.69, 9.17) is 27.6 Å². The van der Waals surface area contributed by atoms with E-state index in [1.165, 1.54) is 6.20 Å². The second-order valence-corrected chi connectivity index (χ2v) is 3.65. The SMILES string of the molecule is O=Cc1ncc(-c2cc(Cl)ccc2Cl)o1. The van der Waals surface area contributed by atoms with Crippen LogP contribution in [0, 0.1) is 0 Å². The van der Waals surface area contributed by atoms with Crippen LogP contribution in [-0.4, -0.2) is 11.3 Å². The van der Waals surface area contributed by atoms with Gasteiger partial charge in [0.25, 0.3) is 5.89 Å². The zero-order chi connectivity index (χ0) is 10.8. The highest BCUT2D eigenvalue weighted by molar-refractivity contribution is 6.35. The molecule has 0 N–H and O–H groups in total. The molecule has 0 spiro atoms. The zero-order valence-electron chi connectivity index (χ0n) is 7.41. The van der Waals surface area contributed by atoms with Crippen molar-refractivity contribution >= 4 is 29.5 Å². The van der Waals surface area contributed by atoms with Crippen molar-refractivity contribution in [1.29, 1.82) is 0 Å². The molecule has 0 saturated heterocycles. The third kappa shape index (κ3) is 2.03. The van der Waals surface area contributed by atoms with E-state index >= 15 is 0 Å². The van der Waals surface area contributed by atoms with Crippen LogP contribution in [0.15, 0.2) is 28.8 Å². The number of nitrogens with zero attached hydrogens (tertiary/aromatic N) is 1. The van der Waals surface area contributed by atoms with Crippen molar-refractivity contribution < 1.29 is 9.21 Å². The predicted octanol–water partition coefficient (Wildman–Crippen LogP) is 3.46. The summed E-state index contributed by atoms with van der Waals surface area (Å²) in [5.74, 6) is 0.436. The fraction of sp³-hybridized carbons (Fsp3) is 0. The summed E-state index contributed by atoms with van der Waals surface area (Å²) in [6.07, 6.45) is 1.96. The summed E-state index contributed by atoms with van der Waals surface area (Å²) in [5, 5.41) is 1.03. The van der Waals surface area contributed by atoms with Gasteiger partial charge in [0.05, 0.1) is 11.2 Å². The van der Waals surface area contributed by atoms with Crippen LogP contribution in [0.25, 0.3) is 11.3 Å². The lowest BCUT2D eigenvalue weighted by Gasteiger charge is -1.99. The number of carbonyl (C=O) groups excluding carboxylic acids is 1. The van der Waals surface area contributed by atoms with E-state index in [1.807, 2.05) is 0 Å². The standard InChI is InChI=1S/C10H5Cl2NO2/c11-6-1-2-8(12)7(3-6)9-4-13-10(5-14)15-9/h1-5H. The van der Waals surface area contributed by atoms with Gasteiger partial charge in [0.15, 0.2) is 5.76 Å². The third-order valence-electron chi connectivity index (χ3n) is 1.82. The minimum Gasteiger partial charge on any atom is -0.434 e. The van der Waals surface area contributed by atoms with Gasteiger partial charge in [-0.3, -0.25) is 4.79 Å². The number of carbonyl (C=O) groups is 1. The highest BCUT2D eigenvalue weighted by Gasteiger charge is 2.09. The Morgan fingerprint density at radius 1 is 1.33 bits per heavy atom. The van der Waals surface area contributed by atoms with Crippen molar-refractivity contribution in [3.63, 3.8) is 0 Å². The third-order valence-corrected chi connectivity index (χ3v) is 2.38. The van der Waals surface area contributed by atoms with E-state index in [-0.39, 0.29) is 5.89 Å². The minimum absolute atomic E-state index is 0.0149. The fourth-order valence-corrected chi connectivity index (χ4v) is 1.54. The van der Waals surface area contributed by atoms with Crippen LogP contribution in [0.5, 0.6) is 0 Å². The molecule has 0 unspecified atom stereocenters. The average Bonchev–Trinajstić information content (AvgIpc) is 2.70. The minimum atomic E-state index is 0.0149. The number of aromatic nitrogens is 1. The summed E-state index contributed by atoms with van der Waals surface area (Å²) in [4.78, 5) is 14.1. The van der Waals surface area contributed by atoms with Gasteiger partial charge in [-0.1, -0.05) is 23.2 Å². The van der Waals surface area contributed by atoms with Crippen molar-refractivity contribution in [2.24, 2.45) is 0 Å². The van der Waals surface area contributed by atoms with Crippen LogP contribution in [0.2, 0.25) is 10.0 Å². The first-order valence-electron chi connectivity index (χ1n) is 4.07. The molecular weight excluding hydrogens is 237 g/mol. The van der Waals surface area contributed by atoms with Gasteiger partial charge in [-0.2, -0.15) is 0 Å². The molecule has 1 aromatic carbocycles. The van der Waals surface area contributed by atoms with E-state index in [9.17, 15) is 4.79 Å². The van der Waals surface area contributed by atoms with Crippen LogP contribution in [0.1, 0.15) is 10.7 Å². The van der Waals surface area contributed by atoms with Gasteiger partial charge in [0.1, 0.15) is 0 Å². The molecule has 0 saturated carbocycles. The molecule has 0 fully saturated rings. The summed E-state index contributed by atoms with van der Waals surface area (Å²) < 4.78 is 5.13. The molecular formula is C10H5Cl2NO2. The summed E-state index contributed by atoms with van der Waals surface area (Å²) >= 11 is 11.8. The number of rotatable bonds is 2. The number of aldehydes is 1. The van der Waals surface area contributed by atoms with Crippen molar-refractivity contribution in [1.82, 2.24) is 4.98 Å². The van der Waals surface area contributed by atoms with Gasteiger partial charge in [-0.15, -0.1) is 0 Å². The maximum Gasteiger partial charge on any atom is 0.260 e. The molecule has 0 aliphatic heterocycles. The predicted molar refractivity (Wildman–Crippen MR) is 57.3 cm³/mol. The molecule has 15 heavy (non-hydrogen) atoms. The molecule has 76 valence electrons. The molecule has 0 amide bonds. The molecule has 0 radical (unpaired) electrons. The lowest BCUT2D eigenvalue weighted by Crippen LogP contribution is -1.76. The Morgan fingerprint density at radius 3 is 2.80 bits per heavy atom. The van der Waals surface area contributed by atoms with Crippen LogP contribution in [0.4, 0.5) is 0 Å². The molecule has 0 atom stereocenters. The van der Waals surface area contributed by atoms with Gasteiger partial charge in [0.2, 0.25) is 6.29 Å². The number of hydrogen-bond acceptors (Lipinski definition) is 3. The summed E-state index contributed by atoms with van der Waals surface area (Å²) in [6.45, 7) is 0. The monoisotopic (exact) mass is 241 g/mol. The topological polar surface area (TPSA) is 43.1 Å². The normalized spacial score (nSPS) is 10.3. The Kier molecular flexibility index (Phi) is 2.75. The number of halogens is 2. The first-order chi connectivity index (χ1) is 7.20. The molecule has 0 aliphatic rings. The molecule has 3 nitrogen and oxygen atoms in total. The van der Waals surface area contributed by atoms with Crippen molar-refractivity contribution in [2.75, 3.05) is 0 Å². The van der Waals surface area contributed by atoms with E-state index in [0.29, 0.717) is 27.7 Å². The largest absolute Gasteiger partial charge is 0.434 e. The van der Waals surface area contributed by atoms with E-state index in [2.05, 4.69) is 4.98 Å². The first-order valence-corrected chi connectivity index (χ1v) is 4.83. The molecule has 2 aromatic rings. The number of oxazole rings is 1. The van der Waals surface area contributed by atoms with Crippen LogP contribution >= 0.6 is 23.2 Å². The molecule has 0 aliphatic carbocycles. The maximum absolute atomic E-state index is 10.4. The molecule has 2 rings (SSSR count). The summed E-state index contributed by atoms with van der Waals surface area (Å²) in [7, 11) is 0. The Hall–Kier alpha value is -1.32. The lowest BCUT2D eigenvalue weighted by molar-refractivity contribution is 0.109. The van der Waals surface area contributed by atoms with Gasteiger partial charge < -0.3 is 4.42 Å². The summed E-state index contributed by atoms with van der Waals surface area (Å²) in [5.41, 5.74) is 0.616. The zero-order valence-corrected chi connectivity index (χ0v) is 8.92. The van der Waals surface area contributed by atoms with Gasteiger partial charge >= 0.3 is 0 Å². The second-order valence-electron chi connectivity index (χ2n) is 2.80. The summed E-state index contributed by atoms with van der Waals surface area (Å²) in [6, 6.07) is 4.98. The molecule has 5 heteroatoms. The number of hydrogen-bond donors (Lipinski definition) is 0. The number of benzene rings is 1. The van der Waals surface area contributed by atoms with E-state index < -0.39 is 0 Å². The van der Waals surface area contributed by atoms with Crippen LogP contribution < -0.4 is 0 Å². The van der Waals surface area contributed by atoms with Crippen molar-refractivity contribution in [3.05, 3.63) is 40.3 Å². The quantitative estimate of drug-likeness (QED) is 0.757.